The molecule has 2 aliphatic heterocycles. The molecule has 2 aromatic rings. The second-order valence-electron chi connectivity index (χ2n) is 8.50. The average molecular weight is 427 g/mol. The standard InChI is InChI=1S/C25H30O6/c1-2-3-4-5-6-7-8-9-18(27)24-20(29)14-19(28)23-17-13-22(31-25(23)24)30-21-12-15(26)10-11-16(17)21/h10-12,14,17,22,26,28-29H,2-9,13H2,1H3/t17-,22+/m1/s1. The van der Waals surface area contributed by atoms with E-state index in [1.54, 1.807) is 12.1 Å². The van der Waals surface area contributed by atoms with Gasteiger partial charge < -0.3 is 24.8 Å². The van der Waals surface area contributed by atoms with Gasteiger partial charge in [0.15, 0.2) is 5.78 Å². The lowest BCUT2D eigenvalue weighted by molar-refractivity contribution is -0.0276. The number of Topliss-reactive ketones (excluding diaryl/α,β-unsaturated/α-hetero) is 1. The molecule has 2 atom stereocenters. The van der Waals surface area contributed by atoms with E-state index in [0.29, 0.717) is 24.2 Å². The highest BCUT2D eigenvalue weighted by molar-refractivity contribution is 6.02. The number of fused-ring (bicyclic) bond motifs is 6. The topological polar surface area (TPSA) is 96.2 Å². The first-order valence-corrected chi connectivity index (χ1v) is 11.3. The zero-order chi connectivity index (χ0) is 22.0. The maximum Gasteiger partial charge on any atom is 0.242 e. The smallest absolute Gasteiger partial charge is 0.242 e. The van der Waals surface area contributed by atoms with E-state index in [9.17, 15) is 20.1 Å². The van der Waals surface area contributed by atoms with Crippen molar-refractivity contribution >= 4 is 5.78 Å². The molecular weight excluding hydrogens is 396 g/mol. The van der Waals surface area contributed by atoms with E-state index in [1.165, 1.54) is 37.8 Å². The maximum atomic E-state index is 13.0. The van der Waals surface area contributed by atoms with Gasteiger partial charge in [0.05, 0.1) is 0 Å². The normalized spacial score (nSPS) is 18.5. The average Bonchev–Trinajstić information content (AvgIpc) is 2.72. The van der Waals surface area contributed by atoms with Crippen LogP contribution in [0.25, 0.3) is 0 Å². The fourth-order valence-electron chi connectivity index (χ4n) is 4.64. The van der Waals surface area contributed by atoms with Gasteiger partial charge in [-0.1, -0.05) is 51.5 Å². The molecule has 0 aromatic heterocycles. The Hall–Kier alpha value is -2.89. The van der Waals surface area contributed by atoms with Gasteiger partial charge in [-0.2, -0.15) is 0 Å². The Morgan fingerprint density at radius 1 is 0.968 bits per heavy atom. The van der Waals surface area contributed by atoms with Gasteiger partial charge in [-0.3, -0.25) is 4.79 Å². The third-order valence-corrected chi connectivity index (χ3v) is 6.22. The summed E-state index contributed by atoms with van der Waals surface area (Å²) in [6.07, 6.45) is 7.85. The van der Waals surface area contributed by atoms with E-state index in [2.05, 4.69) is 6.92 Å². The van der Waals surface area contributed by atoms with Crippen molar-refractivity contribution in [1.29, 1.82) is 0 Å². The van der Waals surface area contributed by atoms with Crippen molar-refractivity contribution in [3.05, 3.63) is 41.0 Å². The molecule has 6 heteroatoms. The highest BCUT2D eigenvalue weighted by Gasteiger charge is 2.41. The molecular formula is C25H30O6. The van der Waals surface area contributed by atoms with E-state index in [1.807, 2.05) is 0 Å². The molecule has 0 radical (unpaired) electrons. The number of phenolic OH excluding ortho intramolecular Hbond substituents is 3. The first kappa shape index (κ1) is 21.3. The van der Waals surface area contributed by atoms with Crippen LogP contribution in [0.1, 0.15) is 92.1 Å². The summed E-state index contributed by atoms with van der Waals surface area (Å²) in [6.45, 7) is 2.19. The molecule has 4 rings (SSSR count). The molecule has 3 N–H and O–H groups in total. The molecule has 0 fully saturated rings. The lowest BCUT2D eigenvalue weighted by Crippen LogP contribution is -2.36. The summed E-state index contributed by atoms with van der Waals surface area (Å²) < 4.78 is 11.8. The fourth-order valence-corrected chi connectivity index (χ4v) is 4.64. The van der Waals surface area contributed by atoms with Crippen molar-refractivity contribution in [3.63, 3.8) is 0 Å². The van der Waals surface area contributed by atoms with E-state index in [-0.39, 0.29) is 40.3 Å². The SMILES string of the molecule is CCCCCCCCCC(=O)c1c(O)cc(O)c2c1O[C@H]1C[C@@H]2c2ccc(O)cc2O1. The summed E-state index contributed by atoms with van der Waals surface area (Å²) in [5.41, 5.74) is 1.43. The van der Waals surface area contributed by atoms with E-state index in [0.717, 1.165) is 24.8 Å². The summed E-state index contributed by atoms with van der Waals surface area (Å²) in [5, 5.41) is 30.9. The van der Waals surface area contributed by atoms with Crippen LogP contribution in [0.3, 0.4) is 0 Å². The number of aromatic hydroxyl groups is 3. The molecule has 0 unspecified atom stereocenters. The van der Waals surface area contributed by atoms with Crippen LogP contribution in [0.5, 0.6) is 28.7 Å². The van der Waals surface area contributed by atoms with Gasteiger partial charge in [0, 0.05) is 42.0 Å². The summed E-state index contributed by atoms with van der Waals surface area (Å²) >= 11 is 0. The highest BCUT2D eigenvalue weighted by Crippen LogP contribution is 2.54. The van der Waals surface area contributed by atoms with Gasteiger partial charge in [0.1, 0.15) is 34.3 Å². The zero-order valence-corrected chi connectivity index (χ0v) is 17.9. The minimum atomic E-state index is -0.655. The Morgan fingerprint density at radius 3 is 2.48 bits per heavy atom. The highest BCUT2D eigenvalue weighted by atomic mass is 16.7. The predicted molar refractivity (Wildman–Crippen MR) is 116 cm³/mol. The van der Waals surface area contributed by atoms with Crippen LogP contribution in [-0.2, 0) is 0 Å². The summed E-state index contributed by atoms with van der Waals surface area (Å²) in [7, 11) is 0. The van der Waals surface area contributed by atoms with Gasteiger partial charge in [-0.15, -0.1) is 0 Å². The number of ether oxygens (including phenoxy) is 2. The monoisotopic (exact) mass is 426 g/mol. The van der Waals surface area contributed by atoms with E-state index >= 15 is 0 Å². The van der Waals surface area contributed by atoms with Crippen LogP contribution in [0.2, 0.25) is 0 Å². The van der Waals surface area contributed by atoms with E-state index < -0.39 is 6.29 Å². The lowest BCUT2D eigenvalue weighted by atomic mass is 9.81. The van der Waals surface area contributed by atoms with Gasteiger partial charge in [-0.05, 0) is 12.5 Å². The molecule has 0 spiro atoms. The Kier molecular flexibility index (Phi) is 6.25. The van der Waals surface area contributed by atoms with Gasteiger partial charge in [0.2, 0.25) is 6.29 Å². The fraction of sp³-hybridized carbons (Fsp3) is 0.480. The molecule has 0 amide bonds. The molecule has 2 aromatic carbocycles. The first-order chi connectivity index (χ1) is 15.0. The molecule has 2 aliphatic rings. The predicted octanol–water partition coefficient (Wildman–Crippen LogP) is 5.76. The number of benzene rings is 2. The van der Waals surface area contributed by atoms with Gasteiger partial charge >= 0.3 is 0 Å². The van der Waals surface area contributed by atoms with Crippen molar-refractivity contribution in [1.82, 2.24) is 0 Å². The maximum absolute atomic E-state index is 13.0. The van der Waals surface area contributed by atoms with Crippen LogP contribution in [0.4, 0.5) is 0 Å². The van der Waals surface area contributed by atoms with Crippen LogP contribution < -0.4 is 9.47 Å². The van der Waals surface area contributed by atoms with Crippen molar-refractivity contribution in [3.8, 4) is 28.7 Å². The number of hydrogen-bond donors (Lipinski definition) is 3. The minimum absolute atomic E-state index is 0.0828. The van der Waals surface area contributed by atoms with Crippen molar-refractivity contribution in [2.45, 2.75) is 76.9 Å². The number of carbonyl (C=O) groups is 1. The quantitative estimate of drug-likeness (QED) is 0.348. The number of ketones is 1. The Bertz CT molecular complexity index is 967. The van der Waals surface area contributed by atoms with Crippen LogP contribution in [0, 0.1) is 0 Å². The molecule has 2 bridgehead atoms. The molecule has 0 saturated heterocycles. The van der Waals surface area contributed by atoms with Crippen molar-refractivity contribution in [2.24, 2.45) is 0 Å². The molecule has 2 heterocycles. The first-order valence-electron chi connectivity index (χ1n) is 11.3. The zero-order valence-electron chi connectivity index (χ0n) is 17.9. The molecule has 0 aliphatic carbocycles. The number of unbranched alkanes of at least 4 members (excludes halogenated alkanes) is 6. The second kappa shape index (κ2) is 9.08. The number of rotatable bonds is 9. The minimum Gasteiger partial charge on any atom is -0.508 e. The van der Waals surface area contributed by atoms with Crippen molar-refractivity contribution < 1.29 is 29.6 Å². The van der Waals surface area contributed by atoms with Crippen LogP contribution in [-0.4, -0.2) is 27.4 Å². The number of carbonyl (C=O) groups excluding carboxylic acids is 1. The number of phenols is 3. The Morgan fingerprint density at radius 2 is 1.71 bits per heavy atom. The Balaban J connectivity index is 1.56. The summed E-state index contributed by atoms with van der Waals surface area (Å²) in [4.78, 5) is 13.0. The van der Waals surface area contributed by atoms with Crippen LogP contribution >= 0.6 is 0 Å². The molecule has 31 heavy (non-hydrogen) atoms. The van der Waals surface area contributed by atoms with Crippen LogP contribution in [0.15, 0.2) is 24.3 Å². The van der Waals surface area contributed by atoms with Gasteiger partial charge in [0.25, 0.3) is 0 Å². The third kappa shape index (κ3) is 4.29. The summed E-state index contributed by atoms with van der Waals surface area (Å²) in [5.74, 6) is -0.0170. The molecule has 0 saturated carbocycles. The number of hydrogen-bond acceptors (Lipinski definition) is 6. The third-order valence-electron chi connectivity index (χ3n) is 6.22. The molecule has 6 nitrogen and oxygen atoms in total. The van der Waals surface area contributed by atoms with E-state index in [4.69, 9.17) is 9.47 Å². The molecule has 166 valence electrons. The Labute approximate surface area is 182 Å². The van der Waals surface area contributed by atoms with Gasteiger partial charge in [-0.25, -0.2) is 0 Å². The second-order valence-corrected chi connectivity index (χ2v) is 8.50. The largest absolute Gasteiger partial charge is 0.508 e. The van der Waals surface area contributed by atoms with Crippen molar-refractivity contribution in [2.75, 3.05) is 0 Å². The summed E-state index contributed by atoms with van der Waals surface area (Å²) in [6, 6.07) is 6.08. The lowest BCUT2D eigenvalue weighted by Gasteiger charge is -2.38.